The van der Waals surface area contributed by atoms with Crippen LogP contribution in [0.2, 0.25) is 0 Å². The summed E-state index contributed by atoms with van der Waals surface area (Å²) in [5, 5.41) is 3.50. The highest BCUT2D eigenvalue weighted by Crippen LogP contribution is 2.25. The molecule has 1 aliphatic heterocycles. The molecule has 0 bridgehead atoms. The van der Waals surface area contributed by atoms with Gasteiger partial charge >= 0.3 is 0 Å². The molecule has 0 saturated carbocycles. The zero-order chi connectivity index (χ0) is 13.7. The molecule has 0 radical (unpaired) electrons. The van der Waals surface area contributed by atoms with Crippen molar-refractivity contribution in [2.24, 2.45) is 5.41 Å². The first-order valence-corrected chi connectivity index (χ1v) is 7.20. The molecular weight excluding hydrogens is 236 g/mol. The maximum Gasteiger partial charge on any atom is 0.119 e. The predicted octanol–water partition coefficient (Wildman–Crippen LogP) is 2.39. The molecule has 0 amide bonds. The Labute approximate surface area is 116 Å². The maximum absolute atomic E-state index is 5.81. The van der Waals surface area contributed by atoms with Gasteiger partial charge in [-0.25, -0.2) is 0 Å². The van der Waals surface area contributed by atoms with Gasteiger partial charge < -0.3 is 10.1 Å². The van der Waals surface area contributed by atoms with Gasteiger partial charge in [0.25, 0.3) is 0 Å². The average molecular weight is 262 g/mol. The summed E-state index contributed by atoms with van der Waals surface area (Å²) in [4.78, 5) is 2.56. The van der Waals surface area contributed by atoms with Crippen molar-refractivity contribution in [1.29, 1.82) is 0 Å². The lowest BCUT2D eigenvalue weighted by atomic mass is 9.84. The molecule has 19 heavy (non-hydrogen) atoms. The van der Waals surface area contributed by atoms with E-state index in [1.807, 2.05) is 30.3 Å². The number of piperazine rings is 1. The molecule has 1 aliphatic rings. The van der Waals surface area contributed by atoms with E-state index in [0.717, 1.165) is 38.5 Å². The van der Waals surface area contributed by atoms with E-state index < -0.39 is 0 Å². The molecule has 106 valence electrons. The van der Waals surface area contributed by atoms with Crippen LogP contribution in [0.15, 0.2) is 30.3 Å². The summed E-state index contributed by atoms with van der Waals surface area (Å²) in [5.74, 6) is 0.963. The van der Waals surface area contributed by atoms with E-state index in [1.54, 1.807) is 0 Å². The monoisotopic (exact) mass is 262 g/mol. The summed E-state index contributed by atoms with van der Waals surface area (Å²) in [6, 6.07) is 10.6. The number of ether oxygens (including phenoxy) is 1. The molecule has 1 saturated heterocycles. The van der Waals surface area contributed by atoms with Crippen LogP contribution in [-0.2, 0) is 0 Å². The molecule has 0 aromatic heterocycles. The molecule has 1 heterocycles. The second-order valence-corrected chi connectivity index (χ2v) is 6.28. The van der Waals surface area contributed by atoms with E-state index >= 15 is 0 Å². The first-order valence-electron chi connectivity index (χ1n) is 7.20. The van der Waals surface area contributed by atoms with Gasteiger partial charge in [-0.1, -0.05) is 39.0 Å². The third kappa shape index (κ3) is 4.22. The van der Waals surface area contributed by atoms with Crippen LogP contribution in [0, 0.1) is 5.41 Å². The van der Waals surface area contributed by atoms with Gasteiger partial charge in [-0.15, -0.1) is 0 Å². The number of nitrogens with zero attached hydrogens (tertiary/aromatic N) is 1. The summed E-state index contributed by atoms with van der Waals surface area (Å²) >= 11 is 0. The SMILES string of the molecule is CC(C)(C)[C@H]1CNCCN1CCOc1ccccc1. The van der Waals surface area contributed by atoms with Crippen molar-refractivity contribution >= 4 is 0 Å². The molecule has 0 spiro atoms. The minimum atomic E-state index is 0.306. The molecule has 1 aromatic carbocycles. The number of benzene rings is 1. The molecule has 1 atom stereocenters. The molecule has 3 heteroatoms. The van der Waals surface area contributed by atoms with Gasteiger partial charge in [-0.3, -0.25) is 4.90 Å². The highest BCUT2D eigenvalue weighted by atomic mass is 16.5. The summed E-state index contributed by atoms with van der Waals surface area (Å²) < 4.78 is 5.81. The van der Waals surface area contributed by atoms with E-state index in [2.05, 4.69) is 31.0 Å². The van der Waals surface area contributed by atoms with Crippen LogP contribution < -0.4 is 10.1 Å². The predicted molar refractivity (Wildman–Crippen MR) is 79.6 cm³/mol. The van der Waals surface area contributed by atoms with E-state index in [4.69, 9.17) is 4.74 Å². The van der Waals surface area contributed by atoms with Gasteiger partial charge in [-0.2, -0.15) is 0 Å². The van der Waals surface area contributed by atoms with Gasteiger partial charge in [0.05, 0.1) is 0 Å². The minimum absolute atomic E-state index is 0.306. The second-order valence-electron chi connectivity index (χ2n) is 6.28. The fraction of sp³-hybridized carbons (Fsp3) is 0.625. The lowest BCUT2D eigenvalue weighted by Gasteiger charge is -2.43. The summed E-state index contributed by atoms with van der Waals surface area (Å²) in [6.45, 7) is 12.0. The molecular formula is C16H26N2O. The Hall–Kier alpha value is -1.06. The zero-order valence-corrected chi connectivity index (χ0v) is 12.4. The van der Waals surface area contributed by atoms with Crippen LogP contribution in [0.4, 0.5) is 0 Å². The van der Waals surface area contributed by atoms with Crippen LogP contribution in [0.3, 0.4) is 0 Å². The maximum atomic E-state index is 5.81. The second kappa shape index (κ2) is 6.40. The Morgan fingerprint density at radius 2 is 2.00 bits per heavy atom. The summed E-state index contributed by atoms with van der Waals surface area (Å²) in [6.07, 6.45) is 0. The Balaban J connectivity index is 1.83. The lowest BCUT2D eigenvalue weighted by molar-refractivity contribution is 0.0631. The molecule has 0 aliphatic carbocycles. The van der Waals surface area contributed by atoms with E-state index in [1.165, 1.54) is 0 Å². The third-order valence-electron chi connectivity index (χ3n) is 3.74. The van der Waals surface area contributed by atoms with Crippen LogP contribution in [0.5, 0.6) is 5.75 Å². The lowest BCUT2D eigenvalue weighted by Crippen LogP contribution is -2.57. The van der Waals surface area contributed by atoms with Gasteiger partial charge in [-0.05, 0) is 17.5 Å². The largest absolute Gasteiger partial charge is 0.492 e. The van der Waals surface area contributed by atoms with Crippen LogP contribution in [-0.4, -0.2) is 43.7 Å². The van der Waals surface area contributed by atoms with Crippen molar-refractivity contribution in [1.82, 2.24) is 10.2 Å². The zero-order valence-electron chi connectivity index (χ0n) is 12.4. The van der Waals surface area contributed by atoms with Gasteiger partial charge in [0, 0.05) is 32.2 Å². The number of para-hydroxylation sites is 1. The van der Waals surface area contributed by atoms with Crippen molar-refractivity contribution in [3.8, 4) is 5.75 Å². The van der Waals surface area contributed by atoms with Crippen LogP contribution in [0.1, 0.15) is 20.8 Å². The Morgan fingerprint density at radius 3 is 2.68 bits per heavy atom. The molecule has 0 unspecified atom stereocenters. The van der Waals surface area contributed by atoms with E-state index in [-0.39, 0.29) is 0 Å². The van der Waals surface area contributed by atoms with Gasteiger partial charge in [0.2, 0.25) is 0 Å². The van der Waals surface area contributed by atoms with Crippen molar-refractivity contribution in [3.05, 3.63) is 30.3 Å². The number of hydrogen-bond donors (Lipinski definition) is 1. The van der Waals surface area contributed by atoms with E-state index in [9.17, 15) is 0 Å². The molecule has 3 nitrogen and oxygen atoms in total. The average Bonchev–Trinajstić information content (AvgIpc) is 2.39. The minimum Gasteiger partial charge on any atom is -0.492 e. The quantitative estimate of drug-likeness (QED) is 0.901. The summed E-state index contributed by atoms with van der Waals surface area (Å²) in [7, 11) is 0. The Morgan fingerprint density at radius 1 is 1.26 bits per heavy atom. The molecule has 1 fully saturated rings. The molecule has 1 aromatic rings. The Kier molecular flexibility index (Phi) is 4.83. The normalized spacial score (nSPS) is 21.3. The van der Waals surface area contributed by atoms with Gasteiger partial charge in [0.1, 0.15) is 12.4 Å². The van der Waals surface area contributed by atoms with Crippen molar-refractivity contribution in [3.63, 3.8) is 0 Å². The van der Waals surface area contributed by atoms with Crippen molar-refractivity contribution in [2.75, 3.05) is 32.8 Å². The van der Waals surface area contributed by atoms with Crippen molar-refractivity contribution < 1.29 is 4.74 Å². The standard InChI is InChI=1S/C16H26N2O/c1-16(2,3)15-13-17-9-10-18(15)11-12-19-14-7-5-4-6-8-14/h4-8,15,17H,9-13H2,1-3H3/t15-/m1/s1. The number of hydrogen-bond acceptors (Lipinski definition) is 3. The Bertz CT molecular complexity index is 372. The third-order valence-corrected chi connectivity index (χ3v) is 3.74. The molecule has 2 rings (SSSR count). The van der Waals surface area contributed by atoms with Crippen LogP contribution in [0.25, 0.3) is 0 Å². The van der Waals surface area contributed by atoms with Crippen molar-refractivity contribution in [2.45, 2.75) is 26.8 Å². The van der Waals surface area contributed by atoms with Crippen LogP contribution >= 0.6 is 0 Å². The first kappa shape index (κ1) is 14.4. The van der Waals surface area contributed by atoms with Gasteiger partial charge in [0.15, 0.2) is 0 Å². The highest BCUT2D eigenvalue weighted by molar-refractivity contribution is 5.20. The first-order chi connectivity index (χ1) is 9.07. The fourth-order valence-corrected chi connectivity index (χ4v) is 2.67. The fourth-order valence-electron chi connectivity index (χ4n) is 2.67. The highest BCUT2D eigenvalue weighted by Gasteiger charge is 2.31. The topological polar surface area (TPSA) is 24.5 Å². The number of nitrogens with one attached hydrogen (secondary N) is 1. The molecule has 1 N–H and O–H groups in total. The van der Waals surface area contributed by atoms with E-state index in [0.29, 0.717) is 11.5 Å². The summed E-state index contributed by atoms with van der Waals surface area (Å²) in [5.41, 5.74) is 0.306. The smallest absolute Gasteiger partial charge is 0.119 e. The number of rotatable bonds is 4.